The Labute approximate surface area is 72.0 Å². The lowest BCUT2D eigenvalue weighted by atomic mass is 9.91. The molecule has 0 aromatic rings. The number of aliphatic hydroxyl groups excluding tert-OH is 1. The van der Waals surface area contributed by atoms with Crippen LogP contribution in [-0.4, -0.2) is 30.7 Å². The van der Waals surface area contributed by atoms with Crippen LogP contribution in [0.4, 0.5) is 0 Å². The van der Waals surface area contributed by atoms with E-state index < -0.39 is 0 Å². The molecule has 0 saturated carbocycles. The first-order chi connectivity index (χ1) is 5.79. The van der Waals surface area contributed by atoms with Crippen LogP contribution in [-0.2, 0) is 9.47 Å². The van der Waals surface area contributed by atoms with Crippen molar-refractivity contribution in [3.05, 3.63) is 12.2 Å². The molecule has 68 valence electrons. The molecule has 3 nitrogen and oxygen atoms in total. The molecular weight excluding hydrogens is 156 g/mol. The van der Waals surface area contributed by atoms with Gasteiger partial charge in [-0.05, 0) is 0 Å². The van der Waals surface area contributed by atoms with Crippen molar-refractivity contribution in [3.63, 3.8) is 0 Å². The van der Waals surface area contributed by atoms with Gasteiger partial charge >= 0.3 is 0 Å². The van der Waals surface area contributed by atoms with Crippen LogP contribution in [0.3, 0.4) is 0 Å². The molecule has 1 N–H and O–H groups in total. The van der Waals surface area contributed by atoms with Crippen molar-refractivity contribution in [2.45, 2.75) is 31.3 Å². The van der Waals surface area contributed by atoms with Crippen LogP contribution in [0.15, 0.2) is 12.2 Å². The molecule has 1 saturated heterocycles. The maximum atomic E-state index is 9.31. The normalized spacial score (nSPS) is 46.2. The van der Waals surface area contributed by atoms with Gasteiger partial charge in [-0.25, -0.2) is 0 Å². The number of rotatable bonds is 1. The molecular formula is C9H14O3. The zero-order valence-corrected chi connectivity index (χ0v) is 7.14. The zero-order valence-electron chi connectivity index (χ0n) is 7.14. The van der Waals surface area contributed by atoms with E-state index in [0.29, 0.717) is 12.3 Å². The minimum Gasteiger partial charge on any atom is -0.389 e. The summed E-state index contributed by atoms with van der Waals surface area (Å²) in [7, 11) is 1.65. The van der Waals surface area contributed by atoms with Gasteiger partial charge in [-0.15, -0.1) is 0 Å². The third-order valence-corrected chi connectivity index (χ3v) is 2.59. The molecule has 0 aromatic heterocycles. The average molecular weight is 170 g/mol. The standard InChI is InChI=1S/C9H14O3/c1-11-9-4-6-2-3-7(10)5-8(6)12-9/h2-3,6-10H,4-5H2,1H3. The highest BCUT2D eigenvalue weighted by Crippen LogP contribution is 2.33. The Bertz CT molecular complexity index is 190. The van der Waals surface area contributed by atoms with Gasteiger partial charge in [-0.3, -0.25) is 0 Å². The van der Waals surface area contributed by atoms with Crippen molar-refractivity contribution in [1.29, 1.82) is 0 Å². The van der Waals surface area contributed by atoms with Crippen LogP contribution < -0.4 is 0 Å². The van der Waals surface area contributed by atoms with E-state index >= 15 is 0 Å². The molecule has 1 fully saturated rings. The fourth-order valence-electron chi connectivity index (χ4n) is 1.90. The lowest BCUT2D eigenvalue weighted by Crippen LogP contribution is -2.25. The van der Waals surface area contributed by atoms with E-state index in [2.05, 4.69) is 0 Å². The van der Waals surface area contributed by atoms with Crippen LogP contribution >= 0.6 is 0 Å². The van der Waals surface area contributed by atoms with E-state index in [4.69, 9.17) is 9.47 Å². The molecule has 0 bridgehead atoms. The van der Waals surface area contributed by atoms with Crippen molar-refractivity contribution in [2.75, 3.05) is 7.11 Å². The molecule has 2 aliphatic rings. The number of hydrogen-bond acceptors (Lipinski definition) is 3. The Morgan fingerprint density at radius 2 is 2.25 bits per heavy atom. The van der Waals surface area contributed by atoms with Crippen LogP contribution in [0.2, 0.25) is 0 Å². The van der Waals surface area contributed by atoms with Gasteiger partial charge in [-0.1, -0.05) is 12.2 Å². The smallest absolute Gasteiger partial charge is 0.158 e. The number of hydrogen-bond donors (Lipinski definition) is 1. The minimum absolute atomic E-state index is 0.0741. The molecule has 0 spiro atoms. The molecule has 1 heterocycles. The Morgan fingerprint density at radius 3 is 3.00 bits per heavy atom. The molecule has 0 radical (unpaired) electrons. The molecule has 2 rings (SSSR count). The summed E-state index contributed by atoms with van der Waals surface area (Å²) in [6, 6.07) is 0. The van der Waals surface area contributed by atoms with Crippen molar-refractivity contribution < 1.29 is 14.6 Å². The summed E-state index contributed by atoms with van der Waals surface area (Å²) in [5.41, 5.74) is 0. The fourth-order valence-corrected chi connectivity index (χ4v) is 1.90. The summed E-state index contributed by atoms with van der Waals surface area (Å²) in [6.07, 6.45) is 5.28. The van der Waals surface area contributed by atoms with E-state index in [9.17, 15) is 5.11 Å². The van der Waals surface area contributed by atoms with Gasteiger partial charge in [0.05, 0.1) is 12.2 Å². The molecule has 0 aromatic carbocycles. The van der Waals surface area contributed by atoms with Crippen LogP contribution in [0, 0.1) is 5.92 Å². The highest BCUT2D eigenvalue weighted by Gasteiger charge is 2.36. The maximum Gasteiger partial charge on any atom is 0.158 e. The molecule has 12 heavy (non-hydrogen) atoms. The first-order valence-corrected chi connectivity index (χ1v) is 4.34. The lowest BCUT2D eigenvalue weighted by Gasteiger charge is -2.21. The quantitative estimate of drug-likeness (QED) is 0.588. The second-order valence-electron chi connectivity index (χ2n) is 3.43. The summed E-state index contributed by atoms with van der Waals surface area (Å²) in [6.45, 7) is 0. The van der Waals surface area contributed by atoms with Gasteiger partial charge in [0.2, 0.25) is 0 Å². The first-order valence-electron chi connectivity index (χ1n) is 4.34. The van der Waals surface area contributed by atoms with E-state index in [1.54, 1.807) is 7.11 Å². The summed E-state index contributed by atoms with van der Waals surface area (Å²) < 4.78 is 10.7. The average Bonchev–Trinajstić information content (AvgIpc) is 2.46. The molecule has 0 amide bonds. The monoisotopic (exact) mass is 170 g/mol. The van der Waals surface area contributed by atoms with E-state index in [-0.39, 0.29) is 18.5 Å². The van der Waals surface area contributed by atoms with Crippen LogP contribution in [0.25, 0.3) is 0 Å². The van der Waals surface area contributed by atoms with Gasteiger partial charge in [0.25, 0.3) is 0 Å². The second kappa shape index (κ2) is 3.17. The maximum absolute atomic E-state index is 9.31. The number of methoxy groups -OCH3 is 1. The third kappa shape index (κ3) is 1.40. The minimum atomic E-state index is -0.332. The van der Waals surface area contributed by atoms with Crippen molar-refractivity contribution in [1.82, 2.24) is 0 Å². The summed E-state index contributed by atoms with van der Waals surface area (Å²) in [5, 5.41) is 9.31. The number of fused-ring (bicyclic) bond motifs is 1. The van der Waals surface area contributed by atoms with E-state index in [0.717, 1.165) is 6.42 Å². The van der Waals surface area contributed by atoms with Gasteiger partial charge < -0.3 is 14.6 Å². The fraction of sp³-hybridized carbons (Fsp3) is 0.778. The predicted molar refractivity (Wildman–Crippen MR) is 43.5 cm³/mol. The summed E-state index contributed by atoms with van der Waals surface area (Å²) in [5.74, 6) is 0.443. The Morgan fingerprint density at radius 1 is 1.42 bits per heavy atom. The van der Waals surface area contributed by atoms with Crippen LogP contribution in [0.1, 0.15) is 12.8 Å². The Hall–Kier alpha value is -0.380. The van der Waals surface area contributed by atoms with Gasteiger partial charge in [0.15, 0.2) is 6.29 Å². The van der Waals surface area contributed by atoms with E-state index in [1.807, 2.05) is 12.2 Å². The highest BCUT2D eigenvalue weighted by molar-refractivity contribution is 5.05. The predicted octanol–water partition coefficient (Wildman–Crippen LogP) is 0.685. The zero-order chi connectivity index (χ0) is 8.55. The molecule has 3 heteroatoms. The van der Waals surface area contributed by atoms with Gasteiger partial charge in [0, 0.05) is 25.9 Å². The lowest BCUT2D eigenvalue weighted by molar-refractivity contribution is -0.121. The highest BCUT2D eigenvalue weighted by atomic mass is 16.7. The van der Waals surface area contributed by atoms with Crippen molar-refractivity contribution in [3.8, 4) is 0 Å². The van der Waals surface area contributed by atoms with Gasteiger partial charge in [0.1, 0.15) is 0 Å². The topological polar surface area (TPSA) is 38.7 Å². The molecule has 4 unspecified atom stereocenters. The van der Waals surface area contributed by atoms with Gasteiger partial charge in [-0.2, -0.15) is 0 Å². The second-order valence-corrected chi connectivity index (χ2v) is 3.43. The number of ether oxygens (including phenoxy) is 2. The van der Waals surface area contributed by atoms with Crippen LogP contribution in [0.5, 0.6) is 0 Å². The van der Waals surface area contributed by atoms with Crippen molar-refractivity contribution >= 4 is 0 Å². The molecule has 4 atom stereocenters. The Kier molecular flexibility index (Phi) is 2.17. The molecule has 1 aliphatic heterocycles. The summed E-state index contributed by atoms with van der Waals surface area (Å²) >= 11 is 0. The first kappa shape index (κ1) is 8.23. The largest absolute Gasteiger partial charge is 0.389 e. The SMILES string of the molecule is COC1CC2C=CC(O)CC2O1. The van der Waals surface area contributed by atoms with Crippen molar-refractivity contribution in [2.24, 2.45) is 5.92 Å². The Balaban J connectivity index is 2.02. The van der Waals surface area contributed by atoms with E-state index in [1.165, 1.54) is 0 Å². The number of aliphatic hydroxyl groups is 1. The summed E-state index contributed by atoms with van der Waals surface area (Å²) in [4.78, 5) is 0. The molecule has 1 aliphatic carbocycles. The third-order valence-electron chi connectivity index (χ3n) is 2.59.